The molecule has 0 aliphatic carbocycles. The Morgan fingerprint density at radius 1 is 0.384 bits per heavy atom. The summed E-state index contributed by atoms with van der Waals surface area (Å²) < 4.78 is 19.5. The summed E-state index contributed by atoms with van der Waals surface area (Å²) in [4.78, 5) is 4.43. The Balaban J connectivity index is 0.000000142. The fourth-order valence-corrected chi connectivity index (χ4v) is 10.9. The number of hydrogen-bond donors (Lipinski definition) is 0. The number of pyridine rings is 3. The molecule has 0 aliphatic rings. The van der Waals surface area contributed by atoms with Crippen molar-refractivity contribution in [2.75, 3.05) is 0 Å². The first-order valence-corrected chi connectivity index (χ1v) is 29.8. The summed E-state index contributed by atoms with van der Waals surface area (Å²) in [5.74, 6) is 4.18. The number of aromatic nitrogens is 10. The molecule has 7 heterocycles. The molecule has 0 radical (unpaired) electrons. The minimum atomic E-state index is 0.479. The highest BCUT2D eigenvalue weighted by atomic mass is 15.2. The Morgan fingerprint density at radius 3 is 1.43 bits per heavy atom. The maximum absolute atomic E-state index is 4.43. The van der Waals surface area contributed by atoms with E-state index in [4.69, 9.17) is 0 Å². The number of para-hydroxylation sites is 2. The molecule has 12 rings (SSSR count). The van der Waals surface area contributed by atoms with Crippen LogP contribution in [0.3, 0.4) is 0 Å². The summed E-state index contributed by atoms with van der Waals surface area (Å²) in [7, 11) is 14.5. The van der Waals surface area contributed by atoms with E-state index in [9.17, 15) is 0 Å². The van der Waals surface area contributed by atoms with E-state index < -0.39 is 0 Å². The third-order valence-corrected chi connectivity index (χ3v) is 15.7. The highest BCUT2D eigenvalue weighted by Gasteiger charge is 2.27. The Labute approximate surface area is 512 Å². The summed E-state index contributed by atoms with van der Waals surface area (Å²) >= 11 is 0. The zero-order chi connectivity index (χ0) is 61.6. The van der Waals surface area contributed by atoms with Gasteiger partial charge in [-0.1, -0.05) is 119 Å². The molecule has 0 bridgehead atoms. The van der Waals surface area contributed by atoms with Crippen LogP contribution in [0.4, 0.5) is 0 Å². The highest BCUT2D eigenvalue weighted by Crippen LogP contribution is 2.34. The monoisotopic (exact) mass is 1140 g/mol. The van der Waals surface area contributed by atoms with Crippen LogP contribution in [0.15, 0.2) is 238 Å². The lowest BCUT2D eigenvalue weighted by Gasteiger charge is -2.17. The molecule has 0 atom stereocenters. The number of aryl methyl sites for hydroxylation is 12. The van der Waals surface area contributed by atoms with E-state index in [1.54, 1.807) is 0 Å². The predicted octanol–water partition coefficient (Wildman–Crippen LogP) is 14.3. The van der Waals surface area contributed by atoms with Gasteiger partial charge in [-0.3, -0.25) is 0 Å². The van der Waals surface area contributed by atoms with Crippen molar-refractivity contribution in [1.82, 2.24) is 23.3 Å². The van der Waals surface area contributed by atoms with E-state index in [2.05, 4.69) is 334 Å². The van der Waals surface area contributed by atoms with Crippen LogP contribution >= 0.6 is 0 Å². The van der Waals surface area contributed by atoms with Crippen LogP contribution in [-0.2, 0) is 49.3 Å². The number of benzene rings is 5. The first-order chi connectivity index (χ1) is 41.3. The standard InChI is InChI=1S/C21H28N3.C14H15N4.2C14H16N.C13H14N/c1-15(2)17-9-7-10-18(16(3)4)20(17)24-14-13-23(6)21(24)19-11-8-12-22(19)5;1-16-9-8-15-13(16)14-17(2)10-11-18(14)12-6-4-3-5-7-12;1-11-8-9-15(3)14(10-11)13-7-5-4-6-12(13)2;1-11-8-9-14(15(3)10-11)13-7-5-4-6-12(13)2;1-11-7-3-4-8-12(11)13-9-5-6-10-14(13)2/h7-16H,1-6H3;3-11H,1-2H3;2*4-10H,1-3H3;3-10H,1-2H3/q5*+1. The molecule has 5 aromatic carbocycles. The normalized spacial score (nSPS) is 10.8. The molecule has 438 valence electrons. The van der Waals surface area contributed by atoms with Gasteiger partial charge in [0.05, 0.1) is 14.1 Å². The quantitative estimate of drug-likeness (QED) is 0.133. The SMILES string of the molecule is CC(C)c1cccc(C(C)C)c1-n1cc[n+](C)c1-c1cccn1C.Cc1cc[n+](C)c(-c2ccccc2C)c1.Cc1ccc(-c2ccccc2C)[n+](C)c1.Cc1ccccc1-c1cccc[n+]1C.Cn1ccnc1-c1n(-c2ccccc2)cc[n+]1C. The zero-order valence-corrected chi connectivity index (χ0v) is 53.6. The van der Waals surface area contributed by atoms with Crippen LogP contribution in [0.1, 0.15) is 78.5 Å². The van der Waals surface area contributed by atoms with Gasteiger partial charge in [0.15, 0.2) is 18.6 Å². The van der Waals surface area contributed by atoms with Crippen molar-refractivity contribution in [1.29, 1.82) is 0 Å². The van der Waals surface area contributed by atoms with Gasteiger partial charge in [-0.25, -0.2) is 27.8 Å². The molecule has 0 amide bonds. The van der Waals surface area contributed by atoms with Crippen LogP contribution in [0.2, 0.25) is 0 Å². The van der Waals surface area contributed by atoms with Crippen LogP contribution in [0.5, 0.6) is 0 Å². The minimum Gasteiger partial charge on any atom is -0.344 e. The lowest BCUT2D eigenvalue weighted by Crippen LogP contribution is -2.30. The minimum absolute atomic E-state index is 0.479. The van der Waals surface area contributed by atoms with Crippen molar-refractivity contribution in [3.05, 3.63) is 277 Å². The van der Waals surface area contributed by atoms with E-state index in [0.717, 1.165) is 17.3 Å². The van der Waals surface area contributed by atoms with E-state index in [1.165, 1.54) is 89.9 Å². The lowest BCUT2D eigenvalue weighted by atomic mass is 9.92. The van der Waals surface area contributed by atoms with Crippen LogP contribution < -0.4 is 22.8 Å². The Morgan fingerprint density at radius 2 is 0.907 bits per heavy atom. The van der Waals surface area contributed by atoms with E-state index >= 15 is 0 Å². The smallest absolute Gasteiger partial charge is 0.330 e. The lowest BCUT2D eigenvalue weighted by molar-refractivity contribution is -0.660. The molecule has 86 heavy (non-hydrogen) atoms. The highest BCUT2D eigenvalue weighted by molar-refractivity contribution is 5.63. The molecule has 10 nitrogen and oxygen atoms in total. The summed E-state index contributed by atoms with van der Waals surface area (Å²) in [5, 5.41) is 0. The van der Waals surface area contributed by atoms with Crippen LogP contribution in [0, 0.1) is 34.6 Å². The number of hydrogen-bond acceptors (Lipinski definition) is 1. The second kappa shape index (κ2) is 28.8. The molecular weight excluding hydrogens is 1050 g/mol. The number of nitrogens with zero attached hydrogens (tertiary/aromatic N) is 10. The molecule has 0 saturated heterocycles. The zero-order valence-electron chi connectivity index (χ0n) is 53.6. The van der Waals surface area contributed by atoms with Crippen molar-refractivity contribution < 1.29 is 22.8 Å². The van der Waals surface area contributed by atoms with Crippen molar-refractivity contribution in [3.8, 4) is 68.3 Å². The first-order valence-electron chi connectivity index (χ1n) is 29.8. The summed E-state index contributed by atoms with van der Waals surface area (Å²) in [6.07, 6.45) is 20.6. The summed E-state index contributed by atoms with van der Waals surface area (Å²) in [5.41, 5.74) is 20.7. The fourth-order valence-electron chi connectivity index (χ4n) is 10.9. The molecular formula is C76H89N10+5. The molecule has 0 spiro atoms. The number of imidazole rings is 3. The largest absolute Gasteiger partial charge is 0.344 e. The molecule has 0 unspecified atom stereocenters. The molecule has 7 aromatic heterocycles. The van der Waals surface area contributed by atoms with Gasteiger partial charge in [-0.2, -0.15) is 9.13 Å². The maximum Gasteiger partial charge on any atom is 0.330 e. The summed E-state index contributed by atoms with van der Waals surface area (Å²) in [6.45, 7) is 19.8. The van der Waals surface area contributed by atoms with Gasteiger partial charge in [0, 0.05) is 96.4 Å². The van der Waals surface area contributed by atoms with Gasteiger partial charge in [-0.15, -0.1) is 0 Å². The molecule has 0 aliphatic heterocycles. The third kappa shape index (κ3) is 14.9. The van der Waals surface area contributed by atoms with Gasteiger partial charge < -0.3 is 9.13 Å². The van der Waals surface area contributed by atoms with E-state index in [1.807, 2.05) is 61.5 Å². The fraction of sp³-hybridized carbons (Fsp3) is 0.237. The van der Waals surface area contributed by atoms with Gasteiger partial charge in [0.2, 0.25) is 22.9 Å². The second-order valence-corrected chi connectivity index (χ2v) is 23.0. The topological polar surface area (TPSA) is 52.0 Å². The van der Waals surface area contributed by atoms with Crippen LogP contribution in [-0.4, -0.2) is 23.3 Å². The average molecular weight is 1140 g/mol. The van der Waals surface area contributed by atoms with E-state index in [-0.39, 0.29) is 0 Å². The van der Waals surface area contributed by atoms with Gasteiger partial charge in [0.25, 0.3) is 0 Å². The first kappa shape index (κ1) is 62.5. The van der Waals surface area contributed by atoms with Crippen molar-refractivity contribution in [3.63, 3.8) is 0 Å². The van der Waals surface area contributed by atoms with Crippen molar-refractivity contribution >= 4 is 0 Å². The molecule has 10 heteroatoms. The Hall–Kier alpha value is -9.54. The van der Waals surface area contributed by atoms with Crippen molar-refractivity contribution in [2.24, 2.45) is 49.3 Å². The van der Waals surface area contributed by atoms with Gasteiger partial charge in [-0.05, 0) is 123 Å². The predicted molar refractivity (Wildman–Crippen MR) is 352 cm³/mol. The van der Waals surface area contributed by atoms with Crippen molar-refractivity contribution in [2.45, 2.75) is 74.1 Å². The molecule has 0 saturated carbocycles. The average Bonchev–Trinajstić information content (AvgIpc) is 2.31. The third-order valence-electron chi connectivity index (χ3n) is 15.7. The van der Waals surface area contributed by atoms with Gasteiger partial charge >= 0.3 is 11.6 Å². The summed E-state index contributed by atoms with van der Waals surface area (Å²) in [6, 6.07) is 61.6. The number of rotatable bonds is 9. The molecule has 12 aromatic rings. The van der Waals surface area contributed by atoms with Gasteiger partial charge in [0.1, 0.15) is 63.0 Å². The van der Waals surface area contributed by atoms with Crippen LogP contribution in [0.25, 0.3) is 68.3 Å². The molecule has 0 N–H and O–H groups in total. The second-order valence-electron chi connectivity index (χ2n) is 23.0. The molecule has 0 fully saturated rings. The maximum atomic E-state index is 4.43. The Kier molecular flexibility index (Phi) is 21.0. The van der Waals surface area contributed by atoms with E-state index in [0.29, 0.717) is 11.8 Å². The Bertz CT molecular complexity index is 4100.